The van der Waals surface area contributed by atoms with Gasteiger partial charge >= 0.3 is 0 Å². The molecule has 146 valence electrons. The Kier molecular flexibility index (Phi) is 4.72. The largest absolute Gasteiger partial charge is 0.445 e. The average Bonchev–Trinajstić information content (AvgIpc) is 2.73. The Hall–Kier alpha value is -3.74. The number of nitrogens with zero attached hydrogens (tertiary/aromatic N) is 1. The molecule has 0 amide bonds. The second-order valence-electron chi connectivity index (χ2n) is 6.97. The minimum absolute atomic E-state index is 0.0659. The van der Waals surface area contributed by atoms with Crippen molar-refractivity contribution < 1.29 is 19.2 Å². The third-order valence-corrected chi connectivity index (χ3v) is 5.18. The van der Waals surface area contributed by atoms with Crippen LogP contribution >= 0.6 is 0 Å². The smallest absolute Gasteiger partial charge is 0.269 e. The molecule has 1 atom stereocenters. The van der Waals surface area contributed by atoms with Crippen LogP contribution in [0.5, 0.6) is 0 Å². The summed E-state index contributed by atoms with van der Waals surface area (Å²) in [5.74, 6) is -0.930. The Morgan fingerprint density at radius 2 is 1.86 bits per heavy atom. The topological polar surface area (TPSA) is 113 Å². The lowest BCUT2D eigenvalue weighted by Gasteiger charge is -2.32. The number of allylic oxidation sites excluding steroid dienone is 3. The van der Waals surface area contributed by atoms with Crippen LogP contribution in [0.25, 0.3) is 0 Å². The van der Waals surface area contributed by atoms with Gasteiger partial charge in [-0.15, -0.1) is 0 Å². The van der Waals surface area contributed by atoms with E-state index in [2.05, 4.69) is 0 Å². The predicted molar refractivity (Wildman–Crippen MR) is 105 cm³/mol. The zero-order chi connectivity index (χ0) is 20.5. The van der Waals surface area contributed by atoms with Crippen LogP contribution in [0, 0.1) is 10.1 Å². The number of nitro groups is 1. The number of rotatable bonds is 4. The lowest BCUT2D eigenvalue weighted by Crippen LogP contribution is -2.30. The number of benzene rings is 2. The predicted octanol–water partition coefficient (Wildman–Crippen LogP) is 3.77. The molecule has 0 bridgehead atoms. The van der Waals surface area contributed by atoms with E-state index in [1.807, 2.05) is 0 Å². The van der Waals surface area contributed by atoms with Gasteiger partial charge in [-0.2, -0.15) is 0 Å². The first kappa shape index (κ1) is 18.6. The van der Waals surface area contributed by atoms with E-state index in [0.717, 1.165) is 0 Å². The maximum Gasteiger partial charge on any atom is 0.269 e. The highest BCUT2D eigenvalue weighted by molar-refractivity contribution is 6.12. The van der Waals surface area contributed by atoms with Gasteiger partial charge in [-0.1, -0.05) is 42.5 Å². The minimum atomic E-state index is -0.806. The molecule has 1 heterocycles. The van der Waals surface area contributed by atoms with Crippen LogP contribution < -0.4 is 5.73 Å². The van der Waals surface area contributed by atoms with E-state index in [1.54, 1.807) is 36.4 Å². The summed E-state index contributed by atoms with van der Waals surface area (Å²) in [6, 6.07) is 14.5. The molecule has 1 aliphatic carbocycles. The molecule has 1 aliphatic heterocycles. The van der Waals surface area contributed by atoms with Crippen LogP contribution in [0.2, 0.25) is 0 Å². The second kappa shape index (κ2) is 7.35. The van der Waals surface area contributed by atoms with Gasteiger partial charge in [0.1, 0.15) is 5.76 Å². The fourth-order valence-electron chi connectivity index (χ4n) is 3.88. The number of non-ortho nitro benzene ring substituents is 1. The highest BCUT2D eigenvalue weighted by Gasteiger charge is 2.41. The molecule has 7 nitrogen and oxygen atoms in total. The molecule has 29 heavy (non-hydrogen) atoms. The van der Waals surface area contributed by atoms with Crippen LogP contribution in [0.3, 0.4) is 0 Å². The summed E-state index contributed by atoms with van der Waals surface area (Å²) >= 11 is 0. The quantitative estimate of drug-likeness (QED) is 0.483. The van der Waals surface area contributed by atoms with E-state index in [-0.39, 0.29) is 28.7 Å². The van der Waals surface area contributed by atoms with Crippen molar-refractivity contribution in [2.75, 3.05) is 0 Å². The number of ketones is 2. The van der Waals surface area contributed by atoms with E-state index in [0.29, 0.717) is 41.7 Å². The summed E-state index contributed by atoms with van der Waals surface area (Å²) in [6.07, 6.45) is 1.49. The van der Waals surface area contributed by atoms with Crippen molar-refractivity contribution >= 4 is 17.3 Å². The van der Waals surface area contributed by atoms with Crippen LogP contribution in [-0.2, 0) is 9.53 Å². The molecule has 0 spiro atoms. The normalized spacial score (nSPS) is 18.9. The standard InChI is InChI=1S/C22H18N2O5/c23-22-20(21(26)13-6-2-1-3-7-13)18(14-8-4-9-15(12-14)24(27)28)19-16(25)10-5-11-17(19)29-22/h1-4,6-9,12,18H,5,10-11,23H2. The van der Waals surface area contributed by atoms with Crippen molar-refractivity contribution in [3.63, 3.8) is 0 Å². The van der Waals surface area contributed by atoms with Gasteiger partial charge in [0.25, 0.3) is 5.69 Å². The molecule has 0 saturated heterocycles. The van der Waals surface area contributed by atoms with E-state index in [1.165, 1.54) is 18.2 Å². The molecule has 4 rings (SSSR count). The van der Waals surface area contributed by atoms with Crippen LogP contribution in [0.1, 0.15) is 41.1 Å². The Balaban J connectivity index is 1.91. The number of ether oxygens (including phenoxy) is 1. The van der Waals surface area contributed by atoms with Gasteiger partial charge in [0, 0.05) is 36.1 Å². The number of hydrogen-bond acceptors (Lipinski definition) is 6. The molecule has 0 saturated carbocycles. The van der Waals surface area contributed by atoms with Gasteiger partial charge in [-0.25, -0.2) is 0 Å². The maximum absolute atomic E-state index is 13.3. The number of nitrogens with two attached hydrogens (primary N) is 1. The number of carbonyl (C=O) groups excluding carboxylic acids is 2. The summed E-state index contributed by atoms with van der Waals surface area (Å²) < 4.78 is 5.71. The van der Waals surface area contributed by atoms with Gasteiger partial charge in [-0.3, -0.25) is 19.7 Å². The summed E-state index contributed by atoms with van der Waals surface area (Å²) in [5.41, 5.74) is 7.39. The molecular formula is C22H18N2O5. The summed E-state index contributed by atoms with van der Waals surface area (Å²) in [6.45, 7) is 0. The molecule has 0 radical (unpaired) electrons. The lowest BCUT2D eigenvalue weighted by molar-refractivity contribution is -0.384. The first-order chi connectivity index (χ1) is 14.0. The second-order valence-corrected chi connectivity index (χ2v) is 6.97. The highest BCUT2D eigenvalue weighted by atomic mass is 16.6. The van der Waals surface area contributed by atoms with Crippen molar-refractivity contribution in [2.45, 2.75) is 25.2 Å². The van der Waals surface area contributed by atoms with Crippen LogP contribution in [0.15, 0.2) is 77.4 Å². The van der Waals surface area contributed by atoms with Crippen molar-refractivity contribution in [1.82, 2.24) is 0 Å². The monoisotopic (exact) mass is 390 g/mol. The lowest BCUT2D eigenvalue weighted by atomic mass is 9.75. The fourth-order valence-corrected chi connectivity index (χ4v) is 3.88. The van der Waals surface area contributed by atoms with Crippen molar-refractivity contribution in [2.24, 2.45) is 5.73 Å². The molecule has 0 fully saturated rings. The number of carbonyl (C=O) groups is 2. The molecule has 2 aromatic rings. The van der Waals surface area contributed by atoms with Gasteiger partial charge in [0.15, 0.2) is 17.4 Å². The third kappa shape index (κ3) is 3.31. The van der Waals surface area contributed by atoms with Gasteiger partial charge in [-0.05, 0) is 12.0 Å². The van der Waals surface area contributed by atoms with E-state index < -0.39 is 10.8 Å². The van der Waals surface area contributed by atoms with Gasteiger partial charge in [0.05, 0.1) is 16.4 Å². The fraction of sp³-hybridized carbons (Fsp3) is 0.182. The van der Waals surface area contributed by atoms with Crippen molar-refractivity contribution in [3.05, 3.63) is 98.6 Å². The van der Waals surface area contributed by atoms with Crippen molar-refractivity contribution in [1.29, 1.82) is 0 Å². The molecule has 7 heteroatoms. The van der Waals surface area contributed by atoms with Crippen LogP contribution in [0.4, 0.5) is 5.69 Å². The first-order valence-corrected chi connectivity index (χ1v) is 9.25. The Morgan fingerprint density at radius 1 is 1.10 bits per heavy atom. The van der Waals surface area contributed by atoms with E-state index in [9.17, 15) is 19.7 Å². The van der Waals surface area contributed by atoms with Gasteiger partial charge < -0.3 is 10.5 Å². The Labute approximate surface area is 166 Å². The van der Waals surface area contributed by atoms with Crippen molar-refractivity contribution in [3.8, 4) is 0 Å². The number of hydrogen-bond donors (Lipinski definition) is 1. The Morgan fingerprint density at radius 3 is 2.59 bits per heavy atom. The molecular weight excluding hydrogens is 372 g/mol. The minimum Gasteiger partial charge on any atom is -0.445 e. The SMILES string of the molecule is NC1=C(C(=O)c2ccccc2)C(c2cccc([N+](=O)[O-])c2)C2=C(CCCC2=O)O1. The average molecular weight is 390 g/mol. The number of Topliss-reactive ketones (excluding diaryl/α,β-unsaturated/α-hetero) is 2. The molecule has 2 aliphatic rings. The zero-order valence-corrected chi connectivity index (χ0v) is 15.5. The van der Waals surface area contributed by atoms with Gasteiger partial charge in [0.2, 0.25) is 0 Å². The zero-order valence-electron chi connectivity index (χ0n) is 15.5. The Bertz CT molecular complexity index is 1090. The highest BCUT2D eigenvalue weighted by Crippen LogP contribution is 2.45. The summed E-state index contributed by atoms with van der Waals surface area (Å²) in [5, 5.41) is 11.3. The first-order valence-electron chi connectivity index (χ1n) is 9.25. The van der Waals surface area contributed by atoms with E-state index in [4.69, 9.17) is 10.5 Å². The number of nitro benzene ring substituents is 1. The molecule has 1 unspecified atom stereocenters. The summed E-state index contributed by atoms with van der Waals surface area (Å²) in [7, 11) is 0. The molecule has 2 aromatic carbocycles. The molecule has 2 N–H and O–H groups in total. The maximum atomic E-state index is 13.3. The van der Waals surface area contributed by atoms with Crippen LogP contribution in [-0.4, -0.2) is 16.5 Å². The summed E-state index contributed by atoms with van der Waals surface area (Å²) in [4.78, 5) is 36.9. The molecule has 0 aromatic heterocycles. The third-order valence-electron chi connectivity index (χ3n) is 5.18. The van der Waals surface area contributed by atoms with E-state index >= 15 is 0 Å².